The highest BCUT2D eigenvalue weighted by Gasteiger charge is 2.17. The zero-order valence-corrected chi connectivity index (χ0v) is 17.8. The molecule has 7 heteroatoms. The van der Waals surface area contributed by atoms with Gasteiger partial charge in [-0.3, -0.25) is 9.36 Å². The van der Waals surface area contributed by atoms with Crippen LogP contribution in [0.1, 0.15) is 17.4 Å². The summed E-state index contributed by atoms with van der Waals surface area (Å²) in [5.74, 6) is 1.29. The number of methoxy groups -OCH3 is 2. The lowest BCUT2D eigenvalue weighted by Gasteiger charge is -2.14. The van der Waals surface area contributed by atoms with Gasteiger partial charge in [0.1, 0.15) is 16.5 Å². The number of benzene rings is 2. The van der Waals surface area contributed by atoms with Crippen LogP contribution in [0.15, 0.2) is 53.3 Å². The highest BCUT2D eigenvalue weighted by molar-refractivity contribution is 7.18. The van der Waals surface area contributed by atoms with Crippen molar-refractivity contribution >= 4 is 21.6 Å². The summed E-state index contributed by atoms with van der Waals surface area (Å²) in [5.41, 5.74) is 1.26. The minimum atomic E-state index is -0.342. The summed E-state index contributed by atoms with van der Waals surface area (Å²) >= 11 is 1.51. The summed E-state index contributed by atoms with van der Waals surface area (Å²) in [5, 5.41) is 0.581. The lowest BCUT2D eigenvalue weighted by atomic mass is 10.1. The minimum absolute atomic E-state index is 0.148. The Hall–Kier alpha value is -3.19. The summed E-state index contributed by atoms with van der Waals surface area (Å²) < 4.78 is 26.1. The van der Waals surface area contributed by atoms with Crippen LogP contribution in [0.3, 0.4) is 0 Å². The normalized spacial score (nSPS) is 11.1. The van der Waals surface area contributed by atoms with Crippen molar-refractivity contribution in [3.63, 3.8) is 0 Å². The van der Waals surface area contributed by atoms with Crippen LogP contribution >= 0.6 is 11.3 Å². The fourth-order valence-electron chi connectivity index (χ4n) is 3.40. The zero-order chi connectivity index (χ0) is 21.3. The molecular formula is C23H21FN2O3S. The highest BCUT2D eigenvalue weighted by Crippen LogP contribution is 2.33. The second-order valence-electron chi connectivity index (χ2n) is 6.81. The van der Waals surface area contributed by atoms with Crippen LogP contribution in [0.5, 0.6) is 11.5 Å². The zero-order valence-electron chi connectivity index (χ0n) is 16.9. The van der Waals surface area contributed by atoms with E-state index < -0.39 is 0 Å². The Kier molecular flexibility index (Phi) is 5.55. The van der Waals surface area contributed by atoms with E-state index in [0.29, 0.717) is 33.1 Å². The summed E-state index contributed by atoms with van der Waals surface area (Å²) in [4.78, 5) is 20.0. The molecule has 5 nitrogen and oxygen atoms in total. The molecule has 30 heavy (non-hydrogen) atoms. The molecule has 154 valence electrons. The van der Waals surface area contributed by atoms with E-state index >= 15 is 0 Å². The average molecular weight is 424 g/mol. The molecule has 2 heterocycles. The van der Waals surface area contributed by atoms with E-state index in [0.717, 1.165) is 16.9 Å². The van der Waals surface area contributed by atoms with E-state index in [2.05, 4.69) is 0 Å². The maximum Gasteiger partial charge on any atom is 0.262 e. The third-order valence-corrected chi connectivity index (χ3v) is 6.10. The first-order valence-electron chi connectivity index (χ1n) is 9.54. The molecule has 4 aromatic rings. The monoisotopic (exact) mass is 424 g/mol. The van der Waals surface area contributed by atoms with Gasteiger partial charge in [-0.15, -0.1) is 11.3 Å². The number of hydrogen-bond donors (Lipinski definition) is 0. The number of halogens is 1. The molecule has 0 amide bonds. The molecule has 0 aliphatic carbocycles. The number of ether oxygens (including phenoxy) is 2. The van der Waals surface area contributed by atoms with E-state index in [1.54, 1.807) is 43.1 Å². The lowest BCUT2D eigenvalue weighted by molar-refractivity contribution is 0.355. The SMILES string of the molecule is CCc1cc2c(=O)n(Cc3cccc(F)c3)c(-c3ccc(OC)c(OC)c3)nc2s1. The number of nitrogens with zero attached hydrogens (tertiary/aromatic N) is 2. The fourth-order valence-corrected chi connectivity index (χ4v) is 4.36. The number of fused-ring (bicyclic) bond motifs is 1. The Morgan fingerprint density at radius 3 is 2.57 bits per heavy atom. The Labute approximate surface area is 177 Å². The second-order valence-corrected chi connectivity index (χ2v) is 7.93. The first-order valence-corrected chi connectivity index (χ1v) is 10.4. The quantitative estimate of drug-likeness (QED) is 0.442. The highest BCUT2D eigenvalue weighted by atomic mass is 32.1. The van der Waals surface area contributed by atoms with Gasteiger partial charge in [-0.2, -0.15) is 0 Å². The van der Waals surface area contributed by atoms with Crippen molar-refractivity contribution in [2.75, 3.05) is 14.2 Å². The van der Waals surface area contributed by atoms with Gasteiger partial charge in [0.15, 0.2) is 11.5 Å². The standard InChI is InChI=1S/C23H21FN2O3S/c1-4-17-12-18-22(30-17)25-21(15-8-9-19(28-2)20(11-15)29-3)26(23(18)27)13-14-6-5-7-16(24)10-14/h5-12H,4,13H2,1-3H3. The second kappa shape index (κ2) is 8.28. The van der Waals surface area contributed by atoms with Gasteiger partial charge in [-0.05, 0) is 48.4 Å². The molecule has 0 fully saturated rings. The van der Waals surface area contributed by atoms with Crippen molar-refractivity contribution in [2.45, 2.75) is 19.9 Å². The van der Waals surface area contributed by atoms with Gasteiger partial charge >= 0.3 is 0 Å². The molecule has 4 rings (SSSR count). The molecule has 0 N–H and O–H groups in total. The smallest absolute Gasteiger partial charge is 0.262 e. The van der Waals surface area contributed by atoms with E-state index in [1.807, 2.05) is 19.1 Å². The van der Waals surface area contributed by atoms with Crippen LogP contribution in [0.4, 0.5) is 4.39 Å². The van der Waals surface area contributed by atoms with Crippen LogP contribution in [-0.2, 0) is 13.0 Å². The van der Waals surface area contributed by atoms with Gasteiger partial charge in [0.2, 0.25) is 0 Å². The molecule has 0 saturated carbocycles. The molecule has 0 bridgehead atoms. The maximum absolute atomic E-state index is 13.7. The minimum Gasteiger partial charge on any atom is -0.493 e. The summed E-state index contributed by atoms with van der Waals surface area (Å²) in [6, 6.07) is 13.6. The number of rotatable bonds is 6. The van der Waals surface area contributed by atoms with Gasteiger partial charge in [-0.1, -0.05) is 19.1 Å². The van der Waals surface area contributed by atoms with E-state index in [-0.39, 0.29) is 17.9 Å². The van der Waals surface area contributed by atoms with E-state index in [1.165, 1.54) is 23.5 Å². The van der Waals surface area contributed by atoms with Gasteiger partial charge in [0.25, 0.3) is 5.56 Å². The molecule has 2 aromatic heterocycles. The van der Waals surface area contributed by atoms with Crippen LogP contribution in [0, 0.1) is 5.82 Å². The molecule has 0 aliphatic rings. The molecule has 0 aliphatic heterocycles. The molecular weight excluding hydrogens is 403 g/mol. The molecule has 0 unspecified atom stereocenters. The third-order valence-electron chi connectivity index (χ3n) is 4.92. The third kappa shape index (κ3) is 3.68. The Bertz CT molecular complexity index is 1280. The number of thiophene rings is 1. The molecule has 0 spiro atoms. The molecule has 2 aromatic carbocycles. The van der Waals surface area contributed by atoms with Crippen molar-refractivity contribution in [3.8, 4) is 22.9 Å². The summed E-state index contributed by atoms with van der Waals surface area (Å²) in [7, 11) is 3.13. The Morgan fingerprint density at radius 1 is 1.07 bits per heavy atom. The van der Waals surface area contributed by atoms with Crippen LogP contribution < -0.4 is 15.0 Å². The van der Waals surface area contributed by atoms with Crippen molar-refractivity contribution in [1.29, 1.82) is 0 Å². The topological polar surface area (TPSA) is 53.4 Å². The number of aromatic nitrogens is 2. The maximum atomic E-state index is 13.7. The molecule has 0 radical (unpaired) electrons. The average Bonchev–Trinajstić information content (AvgIpc) is 3.19. The van der Waals surface area contributed by atoms with Gasteiger partial charge < -0.3 is 9.47 Å². The predicted octanol–water partition coefficient (Wildman–Crippen LogP) is 4.89. The summed E-state index contributed by atoms with van der Waals surface area (Å²) in [6.45, 7) is 2.26. The van der Waals surface area contributed by atoms with E-state index in [4.69, 9.17) is 14.5 Å². The van der Waals surface area contributed by atoms with Crippen molar-refractivity contribution in [3.05, 3.63) is 75.1 Å². The lowest BCUT2D eigenvalue weighted by Crippen LogP contribution is -2.23. The Balaban J connectivity index is 1.95. The number of aryl methyl sites for hydroxylation is 1. The first kappa shape index (κ1) is 20.1. The van der Waals surface area contributed by atoms with Crippen molar-refractivity contribution < 1.29 is 13.9 Å². The fraction of sp³-hybridized carbons (Fsp3) is 0.217. The van der Waals surface area contributed by atoms with Crippen molar-refractivity contribution in [2.24, 2.45) is 0 Å². The first-order chi connectivity index (χ1) is 14.5. The van der Waals surface area contributed by atoms with Crippen LogP contribution in [0.2, 0.25) is 0 Å². The molecule has 0 saturated heterocycles. The van der Waals surface area contributed by atoms with Gasteiger partial charge in [-0.25, -0.2) is 9.37 Å². The van der Waals surface area contributed by atoms with E-state index in [9.17, 15) is 9.18 Å². The molecule has 0 atom stereocenters. The Morgan fingerprint density at radius 2 is 1.87 bits per heavy atom. The largest absolute Gasteiger partial charge is 0.493 e. The number of hydrogen-bond acceptors (Lipinski definition) is 5. The van der Waals surface area contributed by atoms with Crippen molar-refractivity contribution in [1.82, 2.24) is 9.55 Å². The van der Waals surface area contributed by atoms with Gasteiger partial charge in [0, 0.05) is 10.4 Å². The predicted molar refractivity (Wildman–Crippen MR) is 117 cm³/mol. The summed E-state index contributed by atoms with van der Waals surface area (Å²) in [6.07, 6.45) is 0.829. The van der Waals surface area contributed by atoms with Gasteiger partial charge in [0.05, 0.1) is 26.2 Å². The van der Waals surface area contributed by atoms with Crippen LogP contribution in [-0.4, -0.2) is 23.8 Å². The van der Waals surface area contributed by atoms with Crippen LogP contribution in [0.25, 0.3) is 21.6 Å².